The molecule has 20 N–H and O–H groups in total. The number of hydrogen-bond acceptors (Lipinski definition) is 16. The Morgan fingerprint density at radius 2 is 1.28 bits per heavy atom. The molecule has 0 bridgehead atoms. The molecular weight excluding hydrogens is 1020 g/mol. The van der Waals surface area contributed by atoms with E-state index in [1.807, 2.05) is 0 Å². The van der Waals surface area contributed by atoms with Gasteiger partial charge in [0.15, 0.2) is 5.96 Å². The van der Waals surface area contributed by atoms with E-state index in [1.165, 1.54) is 29.2 Å². The van der Waals surface area contributed by atoms with Crippen LogP contribution in [-0.4, -0.2) is 160 Å². The molecule has 75 heavy (non-hydrogen) atoms. The van der Waals surface area contributed by atoms with Gasteiger partial charge in [0.2, 0.25) is 65.0 Å². The Morgan fingerprint density at radius 3 is 1.89 bits per heavy atom. The summed E-state index contributed by atoms with van der Waals surface area (Å²) in [4.78, 5) is 153. The van der Waals surface area contributed by atoms with Gasteiger partial charge in [-0.25, -0.2) is 0 Å². The second-order valence-corrected chi connectivity index (χ2v) is 20.2. The molecule has 8 atom stereocenters. The molecule has 2 saturated heterocycles. The summed E-state index contributed by atoms with van der Waals surface area (Å²) in [5.41, 5.74) is 34.4. The number of likely N-dealkylation sites (tertiary alicyclic amines) is 1. The summed E-state index contributed by atoms with van der Waals surface area (Å²) in [5.74, 6) is -10.5. The van der Waals surface area contributed by atoms with E-state index in [4.69, 9.17) is 34.4 Å². The van der Waals surface area contributed by atoms with Crippen LogP contribution in [0.2, 0.25) is 0 Å². The van der Waals surface area contributed by atoms with Crippen LogP contribution in [0.25, 0.3) is 0 Å². The number of primary amides is 3. The van der Waals surface area contributed by atoms with Crippen molar-refractivity contribution in [3.8, 4) is 5.75 Å². The van der Waals surface area contributed by atoms with Gasteiger partial charge >= 0.3 is 0 Å². The van der Waals surface area contributed by atoms with Crippen molar-refractivity contribution < 1.29 is 57.8 Å². The molecule has 0 radical (unpaired) electrons. The summed E-state index contributed by atoms with van der Waals surface area (Å²) in [6, 6.07) is 2.80. The van der Waals surface area contributed by atoms with Crippen molar-refractivity contribution in [3.63, 3.8) is 0 Å². The van der Waals surface area contributed by atoms with Crippen LogP contribution < -0.4 is 71.6 Å². The Balaban J connectivity index is 1.71. The van der Waals surface area contributed by atoms with E-state index in [0.717, 1.165) is 21.6 Å². The first-order valence-electron chi connectivity index (χ1n) is 23.7. The number of guanidine groups is 1. The molecule has 27 nitrogen and oxygen atoms in total. The van der Waals surface area contributed by atoms with Crippen molar-refractivity contribution in [2.24, 2.45) is 39.4 Å². The number of hydrogen-bond donors (Lipinski definition) is 14. The molecule has 0 aromatic heterocycles. The highest BCUT2D eigenvalue weighted by atomic mass is 33.1. The number of phenols is 1. The number of benzene rings is 2. The minimum Gasteiger partial charge on any atom is -0.508 e. The van der Waals surface area contributed by atoms with E-state index in [1.54, 1.807) is 30.3 Å². The first kappa shape index (κ1) is 59.9. The summed E-state index contributed by atoms with van der Waals surface area (Å²) in [6.45, 7) is -0.443. The lowest BCUT2D eigenvalue weighted by atomic mass is 10.0. The number of carbonyl (C=O) groups excluding carboxylic acids is 11. The van der Waals surface area contributed by atoms with Gasteiger partial charge in [0.05, 0.1) is 19.0 Å². The van der Waals surface area contributed by atoms with E-state index in [2.05, 4.69) is 42.2 Å². The van der Waals surface area contributed by atoms with Crippen LogP contribution in [0.4, 0.5) is 0 Å². The van der Waals surface area contributed by atoms with E-state index in [9.17, 15) is 57.8 Å². The lowest BCUT2D eigenvalue weighted by molar-refractivity contribution is -0.142. The van der Waals surface area contributed by atoms with Gasteiger partial charge in [0.25, 0.3) is 0 Å². The maximum atomic E-state index is 14.6. The Kier molecular flexibility index (Phi) is 23.9. The van der Waals surface area contributed by atoms with Crippen LogP contribution in [0.3, 0.4) is 0 Å². The fourth-order valence-corrected chi connectivity index (χ4v) is 10.1. The lowest BCUT2D eigenvalue weighted by Crippen LogP contribution is -2.61. The first-order valence-corrected chi connectivity index (χ1v) is 26.2. The van der Waals surface area contributed by atoms with Crippen LogP contribution in [0.1, 0.15) is 56.1 Å². The predicted octanol–water partition coefficient (Wildman–Crippen LogP) is -5.40. The summed E-state index contributed by atoms with van der Waals surface area (Å²) >= 11 is 0. The number of nitrogens with two attached hydrogens (primary N) is 6. The smallest absolute Gasteiger partial charge is 0.246 e. The normalized spacial score (nSPS) is 22.6. The molecule has 11 amide bonds. The largest absolute Gasteiger partial charge is 0.508 e. The molecule has 2 aliphatic heterocycles. The lowest BCUT2D eigenvalue weighted by Gasteiger charge is -2.31. The number of nitrogens with one attached hydrogen (secondary N) is 7. The first-order chi connectivity index (χ1) is 35.6. The number of carbonyl (C=O) groups is 11. The van der Waals surface area contributed by atoms with Gasteiger partial charge < -0.3 is 81.6 Å². The maximum absolute atomic E-state index is 14.6. The standard InChI is InChI=1S/C46H65N15O12S2/c47-27-22-74-75-23-33(45(73)61-17-5-9-34(61)44(72)56-28(8-4-16-53-46(51)52)39(67)54-21-37(50)65)60-43(71)32(20-36(49)64)59-40(68)29(14-15-35(48)63)55-41(69)31(18-24-6-2-1-3-7-24)58-42(70)30(57-38(27)66)19-25-10-12-26(62)13-11-25/h1-3,6-7,10-13,27-34,62H,4-5,8-9,14-23,47H2,(H2,48,63)(H2,49,64)(H2,50,65)(H,54,67)(H,55,69)(H,56,72)(H,57,66)(H,58,70)(H,59,68)(H,60,71)(H4,51,52,53)/t27-,28-,29-,30-,31+,32+,33+,34-/m0/s1. The summed E-state index contributed by atoms with van der Waals surface area (Å²) in [5, 5.41) is 27.6. The van der Waals surface area contributed by atoms with Crippen LogP contribution in [0, 0.1) is 0 Å². The zero-order valence-corrected chi connectivity index (χ0v) is 42.5. The minimum absolute atomic E-state index is 0.00106. The molecular formula is C46H65N15O12S2. The number of aromatic hydroxyl groups is 1. The van der Waals surface area contributed by atoms with Crippen molar-refractivity contribution in [3.05, 3.63) is 65.7 Å². The summed E-state index contributed by atoms with van der Waals surface area (Å²) < 4.78 is 0. The van der Waals surface area contributed by atoms with Crippen LogP contribution in [0.15, 0.2) is 59.6 Å². The quantitative estimate of drug-likeness (QED) is 0.0270. The topological polar surface area (TPSA) is 464 Å². The average Bonchev–Trinajstić information content (AvgIpc) is 3.86. The minimum atomic E-state index is -1.80. The molecule has 0 aliphatic carbocycles. The Labute approximate surface area is 439 Å². The van der Waals surface area contributed by atoms with E-state index in [-0.39, 0.29) is 68.4 Å². The second-order valence-electron chi connectivity index (χ2n) is 17.6. The van der Waals surface area contributed by atoms with Crippen molar-refractivity contribution in [1.82, 2.24) is 42.1 Å². The zero-order valence-electron chi connectivity index (χ0n) is 40.8. The third-order valence-electron chi connectivity index (χ3n) is 11.6. The molecule has 2 fully saturated rings. The number of aliphatic imine (C=N–C) groups is 1. The van der Waals surface area contributed by atoms with Gasteiger partial charge in [0.1, 0.15) is 48.0 Å². The van der Waals surface area contributed by atoms with Gasteiger partial charge in [0, 0.05) is 43.9 Å². The molecule has 4 rings (SSSR count). The third kappa shape index (κ3) is 20.3. The Bertz CT molecular complexity index is 2420. The van der Waals surface area contributed by atoms with Crippen LogP contribution in [0.5, 0.6) is 5.75 Å². The van der Waals surface area contributed by atoms with E-state index < -0.39 is 139 Å². The number of nitrogens with zero attached hydrogens (tertiary/aromatic N) is 2. The SMILES string of the molecule is NC(=O)CC[C@@H]1NC(=O)[C@@H](Cc2ccccc2)NC(=O)[C@H](Cc2ccc(O)cc2)NC(=O)[C@@H](N)CSSC[C@H](C(=O)N2CCC[C@H]2C(=O)N[C@@H](CCCN=C(N)N)C(=O)NCC(N)=O)NC(=O)[C@@H](CC(N)=O)NC1=O. The van der Waals surface area contributed by atoms with Crippen molar-refractivity contribution in [2.45, 2.75) is 106 Å². The van der Waals surface area contributed by atoms with Crippen molar-refractivity contribution >= 4 is 92.5 Å². The van der Waals surface area contributed by atoms with E-state index >= 15 is 0 Å². The highest BCUT2D eigenvalue weighted by Crippen LogP contribution is 2.26. The van der Waals surface area contributed by atoms with Gasteiger partial charge in [-0.2, -0.15) is 0 Å². The third-order valence-corrected chi connectivity index (χ3v) is 14.1. The Morgan fingerprint density at radius 1 is 0.707 bits per heavy atom. The van der Waals surface area contributed by atoms with Gasteiger partial charge in [-0.05, 0) is 55.4 Å². The molecule has 2 aromatic carbocycles. The van der Waals surface area contributed by atoms with Gasteiger partial charge in [-0.1, -0.05) is 64.1 Å². The van der Waals surface area contributed by atoms with E-state index in [0.29, 0.717) is 17.5 Å². The highest BCUT2D eigenvalue weighted by Gasteiger charge is 2.40. The van der Waals surface area contributed by atoms with Crippen LogP contribution >= 0.6 is 21.6 Å². The molecule has 2 aromatic rings. The molecule has 408 valence electrons. The number of rotatable bonds is 19. The molecule has 2 heterocycles. The molecule has 29 heteroatoms. The van der Waals surface area contributed by atoms with Crippen molar-refractivity contribution in [1.29, 1.82) is 0 Å². The summed E-state index contributed by atoms with van der Waals surface area (Å²) in [6.07, 6.45) is -1.38. The summed E-state index contributed by atoms with van der Waals surface area (Å²) in [7, 11) is 1.99. The monoisotopic (exact) mass is 1080 g/mol. The second kappa shape index (κ2) is 29.9. The molecule has 0 saturated carbocycles. The average molecular weight is 1080 g/mol. The maximum Gasteiger partial charge on any atom is 0.246 e. The van der Waals surface area contributed by atoms with Gasteiger partial charge in [-0.3, -0.25) is 57.7 Å². The molecule has 0 unspecified atom stereocenters. The number of amides is 11. The van der Waals surface area contributed by atoms with Crippen LogP contribution in [-0.2, 0) is 65.6 Å². The molecule has 2 aliphatic rings. The predicted molar refractivity (Wildman–Crippen MR) is 276 cm³/mol. The highest BCUT2D eigenvalue weighted by molar-refractivity contribution is 8.76. The fourth-order valence-electron chi connectivity index (χ4n) is 7.80. The zero-order chi connectivity index (χ0) is 55.2. The fraction of sp³-hybridized carbons (Fsp3) is 0.478. The van der Waals surface area contributed by atoms with Crippen molar-refractivity contribution in [2.75, 3.05) is 31.1 Å². The van der Waals surface area contributed by atoms with Gasteiger partial charge in [-0.15, -0.1) is 0 Å². The Hall–Kier alpha value is -7.66. The molecule has 0 spiro atoms. The number of phenolic OH excluding ortho intramolecular Hbond substituents is 1.